The van der Waals surface area contributed by atoms with Gasteiger partial charge in [-0.1, -0.05) is 0 Å². The van der Waals surface area contributed by atoms with Gasteiger partial charge < -0.3 is 4.74 Å². The lowest BCUT2D eigenvalue weighted by Gasteiger charge is -2.19. The Balaban J connectivity index is 2.39. The van der Waals surface area contributed by atoms with Crippen molar-refractivity contribution in [1.29, 1.82) is 0 Å². The van der Waals surface area contributed by atoms with E-state index in [1.54, 1.807) is 10.6 Å². The lowest BCUT2D eigenvalue weighted by Crippen LogP contribution is -2.28. The number of hydrogen-bond donors (Lipinski definition) is 1. The van der Waals surface area contributed by atoms with Crippen molar-refractivity contribution >= 4 is 40.1 Å². The molecular weight excluding hydrogens is 371 g/mol. The SMILES string of the molecule is Cc1cc(NC(=O)OC(C)(C)C)n2nc(C)c(I)c2n1. The largest absolute Gasteiger partial charge is 0.444 e. The lowest BCUT2D eigenvalue weighted by molar-refractivity contribution is 0.0635. The zero-order valence-electron chi connectivity index (χ0n) is 12.1. The topological polar surface area (TPSA) is 68.5 Å². The molecule has 1 N–H and O–H groups in total. The quantitative estimate of drug-likeness (QED) is 0.762. The zero-order chi connectivity index (χ0) is 15.1. The van der Waals surface area contributed by atoms with Crippen LogP contribution in [0.2, 0.25) is 0 Å². The maximum Gasteiger partial charge on any atom is 0.413 e. The second kappa shape index (κ2) is 5.19. The number of rotatable bonds is 1. The summed E-state index contributed by atoms with van der Waals surface area (Å²) < 4.78 is 7.84. The van der Waals surface area contributed by atoms with E-state index in [-0.39, 0.29) is 0 Å². The summed E-state index contributed by atoms with van der Waals surface area (Å²) in [6.45, 7) is 9.24. The van der Waals surface area contributed by atoms with Gasteiger partial charge in [-0.3, -0.25) is 5.32 Å². The molecule has 0 saturated carbocycles. The first-order valence-corrected chi connectivity index (χ1v) is 7.28. The van der Waals surface area contributed by atoms with Crippen molar-refractivity contribution in [2.24, 2.45) is 0 Å². The average molecular weight is 388 g/mol. The Bertz CT molecular complexity index is 673. The van der Waals surface area contributed by atoms with Crippen LogP contribution in [-0.2, 0) is 4.74 Å². The molecule has 0 spiro atoms. The highest BCUT2D eigenvalue weighted by Gasteiger charge is 2.18. The summed E-state index contributed by atoms with van der Waals surface area (Å²) in [6.07, 6.45) is -0.507. The Kier molecular flexibility index (Phi) is 3.90. The smallest absolute Gasteiger partial charge is 0.413 e. The molecule has 108 valence electrons. The number of hydrogen-bond acceptors (Lipinski definition) is 4. The van der Waals surface area contributed by atoms with Crippen molar-refractivity contribution in [3.05, 3.63) is 21.0 Å². The molecule has 1 amide bonds. The number of fused-ring (bicyclic) bond motifs is 1. The first-order chi connectivity index (χ1) is 9.17. The summed E-state index contributed by atoms with van der Waals surface area (Å²) in [7, 11) is 0. The van der Waals surface area contributed by atoms with Gasteiger partial charge in [0.25, 0.3) is 0 Å². The van der Waals surface area contributed by atoms with Crippen LogP contribution in [0.5, 0.6) is 0 Å². The first kappa shape index (κ1) is 15.0. The van der Waals surface area contributed by atoms with Crippen LogP contribution in [0.4, 0.5) is 10.6 Å². The van der Waals surface area contributed by atoms with E-state index < -0.39 is 11.7 Å². The van der Waals surface area contributed by atoms with E-state index in [9.17, 15) is 4.79 Å². The highest BCUT2D eigenvalue weighted by Crippen LogP contribution is 2.21. The summed E-state index contributed by atoms with van der Waals surface area (Å²) >= 11 is 2.20. The average Bonchev–Trinajstić information content (AvgIpc) is 2.54. The molecule has 2 rings (SSSR count). The van der Waals surface area contributed by atoms with Crippen LogP contribution in [0.25, 0.3) is 5.65 Å². The monoisotopic (exact) mass is 388 g/mol. The maximum atomic E-state index is 11.9. The Morgan fingerprint density at radius 2 is 2.05 bits per heavy atom. The first-order valence-electron chi connectivity index (χ1n) is 6.20. The minimum absolute atomic E-state index is 0.507. The van der Waals surface area contributed by atoms with Gasteiger partial charge in [0.05, 0.1) is 9.26 Å². The van der Waals surface area contributed by atoms with Crippen molar-refractivity contribution in [1.82, 2.24) is 14.6 Å². The summed E-state index contributed by atoms with van der Waals surface area (Å²) in [4.78, 5) is 16.3. The molecule has 0 fully saturated rings. The molecule has 0 saturated heterocycles. The number of amides is 1. The molecule has 0 aliphatic carbocycles. The van der Waals surface area contributed by atoms with Crippen molar-refractivity contribution < 1.29 is 9.53 Å². The van der Waals surface area contributed by atoms with Crippen LogP contribution in [0, 0.1) is 17.4 Å². The highest BCUT2D eigenvalue weighted by molar-refractivity contribution is 14.1. The van der Waals surface area contributed by atoms with Gasteiger partial charge >= 0.3 is 6.09 Å². The highest BCUT2D eigenvalue weighted by atomic mass is 127. The molecule has 7 heteroatoms. The third-order valence-corrected chi connectivity index (χ3v) is 3.71. The number of carbonyl (C=O) groups is 1. The van der Waals surface area contributed by atoms with Crippen molar-refractivity contribution in [3.63, 3.8) is 0 Å². The van der Waals surface area contributed by atoms with Crippen LogP contribution >= 0.6 is 22.6 Å². The lowest BCUT2D eigenvalue weighted by atomic mass is 10.2. The van der Waals surface area contributed by atoms with E-state index in [1.807, 2.05) is 34.6 Å². The zero-order valence-corrected chi connectivity index (χ0v) is 14.3. The number of nitrogens with zero attached hydrogens (tertiary/aromatic N) is 3. The van der Waals surface area contributed by atoms with Crippen LogP contribution in [0.15, 0.2) is 6.07 Å². The van der Waals surface area contributed by atoms with Crippen molar-refractivity contribution in [2.45, 2.75) is 40.2 Å². The van der Waals surface area contributed by atoms with Gasteiger partial charge in [-0.15, -0.1) is 0 Å². The molecule has 2 aromatic rings. The van der Waals surface area contributed by atoms with Crippen LogP contribution in [0.3, 0.4) is 0 Å². The molecule has 0 bridgehead atoms. The maximum absolute atomic E-state index is 11.9. The Morgan fingerprint density at radius 1 is 1.40 bits per heavy atom. The molecule has 2 heterocycles. The molecule has 6 nitrogen and oxygen atoms in total. The Hall–Kier alpha value is -1.38. The molecule has 20 heavy (non-hydrogen) atoms. The van der Waals surface area contributed by atoms with Gasteiger partial charge in [0.1, 0.15) is 11.4 Å². The molecule has 0 unspecified atom stereocenters. The third-order valence-electron chi connectivity index (χ3n) is 2.45. The normalized spacial score (nSPS) is 11.7. The standard InChI is InChI=1S/C13H17IN4O2/c1-7-6-9(16-12(19)20-13(3,4)5)18-11(15-7)10(14)8(2)17-18/h6H,1-5H3,(H,16,19). The Labute approximate surface area is 131 Å². The molecule has 0 atom stereocenters. The van der Waals surface area contributed by atoms with E-state index in [0.717, 1.165) is 20.6 Å². The minimum atomic E-state index is -0.542. The fourth-order valence-electron chi connectivity index (χ4n) is 1.72. The van der Waals surface area contributed by atoms with E-state index >= 15 is 0 Å². The Morgan fingerprint density at radius 3 is 2.65 bits per heavy atom. The molecule has 0 radical (unpaired) electrons. The number of aryl methyl sites for hydroxylation is 2. The summed E-state index contributed by atoms with van der Waals surface area (Å²) in [5.41, 5.74) is 1.87. The number of aromatic nitrogens is 3. The number of carbonyl (C=O) groups excluding carboxylic acids is 1. The van der Waals surface area contributed by atoms with Crippen LogP contribution in [0.1, 0.15) is 32.2 Å². The fraction of sp³-hybridized carbons (Fsp3) is 0.462. The van der Waals surface area contributed by atoms with E-state index in [2.05, 4.69) is 38.0 Å². The van der Waals surface area contributed by atoms with Gasteiger partial charge in [-0.25, -0.2) is 9.78 Å². The van der Waals surface area contributed by atoms with Gasteiger partial charge in [-0.2, -0.15) is 9.61 Å². The molecule has 0 aliphatic rings. The predicted molar refractivity (Wildman–Crippen MR) is 85.0 cm³/mol. The van der Waals surface area contributed by atoms with Gasteiger partial charge in [0.2, 0.25) is 0 Å². The van der Waals surface area contributed by atoms with E-state index in [4.69, 9.17) is 4.74 Å². The number of ether oxygens (including phenoxy) is 1. The van der Waals surface area contributed by atoms with Crippen LogP contribution in [-0.4, -0.2) is 26.3 Å². The molecule has 2 aromatic heterocycles. The summed E-state index contributed by atoms with van der Waals surface area (Å²) in [5.74, 6) is 0.549. The molecular formula is C13H17IN4O2. The molecule has 0 aromatic carbocycles. The van der Waals surface area contributed by atoms with Gasteiger partial charge in [0, 0.05) is 11.8 Å². The van der Waals surface area contributed by atoms with Crippen molar-refractivity contribution in [3.8, 4) is 0 Å². The molecule has 0 aliphatic heterocycles. The second-order valence-corrected chi connectivity index (χ2v) is 6.62. The predicted octanol–water partition coefficient (Wildman–Crippen LogP) is 3.30. The van der Waals surface area contributed by atoms with Crippen LogP contribution < -0.4 is 5.32 Å². The van der Waals surface area contributed by atoms with E-state index in [1.165, 1.54) is 0 Å². The minimum Gasteiger partial charge on any atom is -0.444 e. The third kappa shape index (κ3) is 3.20. The summed E-state index contributed by atoms with van der Waals surface area (Å²) in [5, 5.41) is 7.10. The number of nitrogens with one attached hydrogen (secondary N) is 1. The van der Waals surface area contributed by atoms with Crippen molar-refractivity contribution in [2.75, 3.05) is 5.32 Å². The second-order valence-electron chi connectivity index (χ2n) is 5.54. The van der Waals surface area contributed by atoms with Gasteiger partial charge in [0.15, 0.2) is 5.65 Å². The van der Waals surface area contributed by atoms with E-state index in [0.29, 0.717) is 5.82 Å². The number of anilines is 1. The number of halogens is 1. The summed E-state index contributed by atoms with van der Waals surface area (Å²) in [6, 6.07) is 1.76. The fourth-order valence-corrected chi connectivity index (χ4v) is 2.17. The van der Waals surface area contributed by atoms with Gasteiger partial charge in [-0.05, 0) is 57.2 Å².